The summed E-state index contributed by atoms with van der Waals surface area (Å²) in [5.41, 5.74) is 1.74. The van der Waals surface area contributed by atoms with Gasteiger partial charge in [0.15, 0.2) is 0 Å². The largest absolute Gasteiger partial charge is 0.336 e. The number of aryl methyl sites for hydroxylation is 1. The van der Waals surface area contributed by atoms with Crippen LogP contribution in [0.1, 0.15) is 31.9 Å². The molecule has 0 aromatic carbocycles. The maximum atomic E-state index is 12.5. The van der Waals surface area contributed by atoms with E-state index in [1.807, 2.05) is 13.8 Å². The third-order valence-corrected chi connectivity index (χ3v) is 3.95. The van der Waals surface area contributed by atoms with Crippen molar-refractivity contribution in [2.24, 2.45) is 0 Å². The second-order valence-corrected chi connectivity index (χ2v) is 5.45. The predicted octanol–water partition coefficient (Wildman–Crippen LogP) is 1.87. The summed E-state index contributed by atoms with van der Waals surface area (Å²) in [5.74, 6) is -0.140. The van der Waals surface area contributed by atoms with Gasteiger partial charge >= 0.3 is 0 Å². The number of aromatic nitrogens is 2. The standard InChI is InChI=1S/C15H18N4O3/c1-3-12(19-6-4-5-13(19)20)14(21)17-10-7-11-9(2)18-22-15(11)16-8-10/h7-8,12H,3-6H2,1-2H3,(H,17,21)/t12-/m0/s1. The zero-order chi connectivity index (χ0) is 15.7. The molecule has 0 aliphatic carbocycles. The average molecular weight is 302 g/mol. The molecule has 2 aromatic heterocycles. The van der Waals surface area contributed by atoms with Crippen LogP contribution in [0.15, 0.2) is 16.8 Å². The summed E-state index contributed by atoms with van der Waals surface area (Å²) in [5, 5.41) is 7.44. The van der Waals surface area contributed by atoms with Crippen molar-refractivity contribution in [1.29, 1.82) is 0 Å². The predicted molar refractivity (Wildman–Crippen MR) is 80.2 cm³/mol. The monoisotopic (exact) mass is 302 g/mol. The van der Waals surface area contributed by atoms with Gasteiger partial charge in [0, 0.05) is 13.0 Å². The van der Waals surface area contributed by atoms with Crippen LogP contribution in [-0.2, 0) is 9.59 Å². The number of hydrogen-bond acceptors (Lipinski definition) is 5. The van der Waals surface area contributed by atoms with Crippen LogP contribution in [0.25, 0.3) is 11.1 Å². The lowest BCUT2D eigenvalue weighted by Crippen LogP contribution is -2.44. The van der Waals surface area contributed by atoms with Crippen molar-refractivity contribution < 1.29 is 14.1 Å². The Morgan fingerprint density at radius 2 is 2.36 bits per heavy atom. The Morgan fingerprint density at radius 1 is 1.55 bits per heavy atom. The lowest BCUT2D eigenvalue weighted by atomic mass is 10.1. The summed E-state index contributed by atoms with van der Waals surface area (Å²) in [7, 11) is 0. The fraction of sp³-hybridized carbons (Fsp3) is 0.467. The summed E-state index contributed by atoms with van der Waals surface area (Å²) >= 11 is 0. The smallest absolute Gasteiger partial charge is 0.258 e. The van der Waals surface area contributed by atoms with Crippen molar-refractivity contribution in [3.63, 3.8) is 0 Å². The lowest BCUT2D eigenvalue weighted by Gasteiger charge is -2.25. The van der Waals surface area contributed by atoms with E-state index in [0.29, 0.717) is 30.8 Å². The van der Waals surface area contributed by atoms with Gasteiger partial charge in [0.05, 0.1) is 23.0 Å². The van der Waals surface area contributed by atoms with Gasteiger partial charge in [0.1, 0.15) is 6.04 Å². The first-order valence-corrected chi connectivity index (χ1v) is 7.42. The Hall–Kier alpha value is -2.44. The van der Waals surface area contributed by atoms with Crippen LogP contribution in [0.2, 0.25) is 0 Å². The topological polar surface area (TPSA) is 88.3 Å². The zero-order valence-corrected chi connectivity index (χ0v) is 12.6. The Bertz CT molecular complexity index is 725. The van der Waals surface area contributed by atoms with Crippen LogP contribution in [0, 0.1) is 6.92 Å². The number of carbonyl (C=O) groups is 2. The van der Waals surface area contributed by atoms with E-state index in [1.165, 1.54) is 6.20 Å². The number of nitrogens with zero attached hydrogens (tertiary/aromatic N) is 3. The Balaban J connectivity index is 1.79. The summed E-state index contributed by atoms with van der Waals surface area (Å²) in [6.45, 7) is 4.37. The first-order chi connectivity index (χ1) is 10.6. The summed E-state index contributed by atoms with van der Waals surface area (Å²) in [6, 6.07) is 1.35. The molecule has 3 heterocycles. The van der Waals surface area contributed by atoms with E-state index in [9.17, 15) is 9.59 Å². The molecule has 2 aromatic rings. The molecule has 22 heavy (non-hydrogen) atoms. The Morgan fingerprint density at radius 3 is 3.05 bits per heavy atom. The van der Waals surface area contributed by atoms with Gasteiger partial charge in [-0.3, -0.25) is 9.59 Å². The van der Waals surface area contributed by atoms with Crippen LogP contribution in [0.3, 0.4) is 0 Å². The second kappa shape index (κ2) is 5.75. The number of hydrogen-bond donors (Lipinski definition) is 1. The SMILES string of the molecule is CC[C@@H](C(=O)Nc1cnc2onc(C)c2c1)N1CCCC1=O. The zero-order valence-electron chi connectivity index (χ0n) is 12.6. The molecule has 0 radical (unpaired) electrons. The van der Waals surface area contributed by atoms with E-state index in [0.717, 1.165) is 17.5 Å². The van der Waals surface area contributed by atoms with E-state index >= 15 is 0 Å². The molecule has 1 aliphatic heterocycles. The van der Waals surface area contributed by atoms with Crippen molar-refractivity contribution in [2.75, 3.05) is 11.9 Å². The third kappa shape index (κ3) is 2.54. The van der Waals surface area contributed by atoms with Crippen molar-refractivity contribution in [2.45, 2.75) is 39.2 Å². The van der Waals surface area contributed by atoms with Gasteiger partial charge in [-0.1, -0.05) is 12.1 Å². The number of anilines is 1. The van der Waals surface area contributed by atoms with Crippen LogP contribution in [0.5, 0.6) is 0 Å². The highest BCUT2D eigenvalue weighted by atomic mass is 16.5. The Kier molecular flexibility index (Phi) is 3.79. The van der Waals surface area contributed by atoms with Crippen LogP contribution >= 0.6 is 0 Å². The van der Waals surface area contributed by atoms with E-state index in [2.05, 4.69) is 15.5 Å². The van der Waals surface area contributed by atoms with Gasteiger partial charge in [-0.05, 0) is 25.8 Å². The van der Waals surface area contributed by atoms with E-state index in [4.69, 9.17) is 4.52 Å². The second-order valence-electron chi connectivity index (χ2n) is 5.45. The number of rotatable bonds is 4. The van der Waals surface area contributed by atoms with Crippen molar-refractivity contribution in [3.05, 3.63) is 18.0 Å². The normalized spacial score (nSPS) is 16.3. The average Bonchev–Trinajstić information content (AvgIpc) is 3.07. The number of pyridine rings is 1. The highest BCUT2D eigenvalue weighted by Gasteiger charge is 2.31. The molecular formula is C15H18N4O3. The molecule has 0 saturated carbocycles. The summed E-state index contributed by atoms with van der Waals surface area (Å²) in [6.07, 6.45) is 3.45. The number of amides is 2. The molecule has 7 nitrogen and oxygen atoms in total. The minimum Gasteiger partial charge on any atom is -0.336 e. The van der Waals surface area contributed by atoms with Gasteiger partial charge in [-0.25, -0.2) is 4.98 Å². The molecule has 7 heteroatoms. The van der Waals surface area contributed by atoms with Crippen LogP contribution < -0.4 is 5.32 Å². The number of nitrogens with one attached hydrogen (secondary N) is 1. The van der Waals surface area contributed by atoms with Gasteiger partial charge in [0.2, 0.25) is 11.8 Å². The minimum absolute atomic E-state index is 0.0467. The van der Waals surface area contributed by atoms with Crippen molar-refractivity contribution >= 4 is 28.6 Å². The maximum absolute atomic E-state index is 12.5. The number of likely N-dealkylation sites (tertiary alicyclic amines) is 1. The fourth-order valence-electron chi connectivity index (χ4n) is 2.78. The number of fused-ring (bicyclic) bond motifs is 1. The van der Waals surface area contributed by atoms with Gasteiger partial charge in [0.25, 0.3) is 5.71 Å². The van der Waals surface area contributed by atoms with E-state index in [-0.39, 0.29) is 11.8 Å². The molecular weight excluding hydrogens is 284 g/mol. The maximum Gasteiger partial charge on any atom is 0.258 e. The quantitative estimate of drug-likeness (QED) is 0.931. The summed E-state index contributed by atoms with van der Waals surface area (Å²) in [4.78, 5) is 30.1. The molecule has 1 fully saturated rings. The number of carbonyl (C=O) groups excluding carboxylic acids is 2. The molecule has 2 amide bonds. The highest BCUT2D eigenvalue weighted by molar-refractivity contribution is 5.98. The summed E-state index contributed by atoms with van der Waals surface area (Å²) < 4.78 is 5.05. The first kappa shape index (κ1) is 14.5. The van der Waals surface area contributed by atoms with Crippen LogP contribution in [0.4, 0.5) is 5.69 Å². The molecule has 1 saturated heterocycles. The Labute approximate surface area is 127 Å². The minimum atomic E-state index is -0.436. The van der Waals surface area contributed by atoms with E-state index < -0.39 is 6.04 Å². The third-order valence-electron chi connectivity index (χ3n) is 3.95. The molecule has 0 unspecified atom stereocenters. The van der Waals surface area contributed by atoms with Crippen molar-refractivity contribution in [1.82, 2.24) is 15.0 Å². The molecule has 1 aliphatic rings. The van der Waals surface area contributed by atoms with Gasteiger partial charge in [-0.2, -0.15) is 0 Å². The lowest BCUT2D eigenvalue weighted by molar-refractivity contribution is -0.135. The molecule has 1 atom stereocenters. The van der Waals surface area contributed by atoms with E-state index in [1.54, 1.807) is 11.0 Å². The molecule has 1 N–H and O–H groups in total. The molecule has 3 rings (SSSR count). The molecule has 0 bridgehead atoms. The van der Waals surface area contributed by atoms with Gasteiger partial charge in [-0.15, -0.1) is 0 Å². The molecule has 116 valence electrons. The fourth-order valence-corrected chi connectivity index (χ4v) is 2.78. The highest BCUT2D eigenvalue weighted by Crippen LogP contribution is 2.21. The van der Waals surface area contributed by atoms with Gasteiger partial charge < -0.3 is 14.7 Å². The van der Waals surface area contributed by atoms with Crippen molar-refractivity contribution in [3.8, 4) is 0 Å². The van der Waals surface area contributed by atoms with Crippen LogP contribution in [-0.4, -0.2) is 39.4 Å². The first-order valence-electron chi connectivity index (χ1n) is 7.42. The molecule has 0 spiro atoms.